The maximum absolute atomic E-state index is 12.6. The lowest BCUT2D eigenvalue weighted by atomic mass is 9.96. The molecule has 0 bridgehead atoms. The molecule has 0 aromatic heterocycles. The minimum atomic E-state index is -0.419. The lowest BCUT2D eigenvalue weighted by Crippen LogP contribution is -3.15. The molecule has 5 heteroatoms. The van der Waals surface area contributed by atoms with E-state index in [1.807, 2.05) is 37.3 Å². The van der Waals surface area contributed by atoms with Gasteiger partial charge in [0.1, 0.15) is 0 Å². The monoisotopic (exact) mass is 304 g/mol. The van der Waals surface area contributed by atoms with Crippen molar-refractivity contribution in [1.29, 1.82) is 0 Å². The number of rotatable bonds is 4. The Balaban J connectivity index is 2.18. The number of quaternary nitrogens is 1. The maximum atomic E-state index is 12.6. The number of benzene rings is 1. The summed E-state index contributed by atoms with van der Waals surface area (Å²) >= 11 is 0. The highest BCUT2D eigenvalue weighted by atomic mass is 16.2. The average molecular weight is 304 g/mol. The van der Waals surface area contributed by atoms with Gasteiger partial charge in [-0.25, -0.2) is 4.79 Å². The van der Waals surface area contributed by atoms with E-state index in [1.165, 1.54) is 11.3 Å². The standard InChI is InChI=1S/C17H25N3O2/c1-3-18-17(22)19-16(21)15(14-9-5-4-6-10-14)20-11-7-8-13(2)12-20/h4-6,9-10,13,15H,3,7-8,11-12H2,1-2H3,(H2,18,19,21,22)/p+1/t13-,15-/m0/s1. The van der Waals surface area contributed by atoms with Crippen molar-refractivity contribution in [1.82, 2.24) is 10.6 Å². The summed E-state index contributed by atoms with van der Waals surface area (Å²) in [6.07, 6.45) is 2.33. The summed E-state index contributed by atoms with van der Waals surface area (Å²) in [6.45, 7) is 6.48. The molecule has 1 heterocycles. The minimum Gasteiger partial charge on any atom is -0.338 e. The van der Waals surface area contributed by atoms with Crippen LogP contribution in [0, 0.1) is 5.92 Å². The lowest BCUT2D eigenvalue weighted by Gasteiger charge is -2.33. The molecule has 1 aliphatic heterocycles. The van der Waals surface area contributed by atoms with Gasteiger partial charge in [0.25, 0.3) is 5.91 Å². The fourth-order valence-electron chi connectivity index (χ4n) is 3.20. The molecular weight excluding hydrogens is 278 g/mol. The normalized spacial score (nSPS) is 22.6. The summed E-state index contributed by atoms with van der Waals surface area (Å²) in [5.41, 5.74) is 0.966. The summed E-state index contributed by atoms with van der Waals surface area (Å²) in [5, 5.41) is 5.10. The largest absolute Gasteiger partial charge is 0.338 e. The van der Waals surface area contributed by atoms with Crippen molar-refractivity contribution in [3.05, 3.63) is 35.9 Å². The molecule has 0 saturated carbocycles. The van der Waals surface area contributed by atoms with Gasteiger partial charge in [0, 0.05) is 18.0 Å². The molecule has 1 unspecified atom stereocenters. The lowest BCUT2D eigenvalue weighted by molar-refractivity contribution is -0.930. The van der Waals surface area contributed by atoms with Crippen LogP contribution in [0.1, 0.15) is 38.3 Å². The minimum absolute atomic E-state index is 0.221. The van der Waals surface area contributed by atoms with Gasteiger partial charge in [-0.1, -0.05) is 37.3 Å². The third kappa shape index (κ3) is 4.31. The summed E-state index contributed by atoms with van der Waals surface area (Å²) < 4.78 is 0. The molecule has 5 nitrogen and oxygen atoms in total. The molecule has 3 N–H and O–H groups in total. The van der Waals surface area contributed by atoms with Gasteiger partial charge >= 0.3 is 6.03 Å². The first kappa shape index (κ1) is 16.5. The molecule has 2 rings (SSSR count). The van der Waals surface area contributed by atoms with Crippen LogP contribution in [0.15, 0.2) is 30.3 Å². The number of likely N-dealkylation sites (tertiary alicyclic amines) is 1. The highest BCUT2D eigenvalue weighted by molar-refractivity contribution is 5.96. The third-order valence-corrected chi connectivity index (χ3v) is 4.18. The highest BCUT2D eigenvalue weighted by Gasteiger charge is 2.35. The summed E-state index contributed by atoms with van der Waals surface area (Å²) in [6, 6.07) is 9.01. The second-order valence-corrected chi connectivity index (χ2v) is 6.05. The van der Waals surface area contributed by atoms with Crippen LogP contribution < -0.4 is 15.5 Å². The first-order chi connectivity index (χ1) is 10.6. The van der Waals surface area contributed by atoms with Gasteiger partial charge in [0.15, 0.2) is 6.04 Å². The SMILES string of the molecule is CCNC(=O)NC(=O)[C@H](c1ccccc1)[NH+]1CCC[C@H](C)C1. The van der Waals surface area contributed by atoms with E-state index >= 15 is 0 Å². The van der Waals surface area contributed by atoms with Gasteiger partial charge in [-0.05, 0) is 19.8 Å². The fraction of sp³-hybridized carbons (Fsp3) is 0.529. The Kier molecular flexibility index (Phi) is 5.95. The van der Waals surface area contributed by atoms with Gasteiger partial charge in [-0.2, -0.15) is 0 Å². The molecule has 1 fully saturated rings. The molecule has 1 aliphatic rings. The van der Waals surface area contributed by atoms with Crippen molar-refractivity contribution in [3.63, 3.8) is 0 Å². The summed E-state index contributed by atoms with van der Waals surface area (Å²) in [4.78, 5) is 25.6. The van der Waals surface area contributed by atoms with Crippen molar-refractivity contribution >= 4 is 11.9 Å². The van der Waals surface area contributed by atoms with E-state index in [0.29, 0.717) is 12.5 Å². The van der Waals surface area contributed by atoms with E-state index in [0.717, 1.165) is 25.1 Å². The second-order valence-electron chi connectivity index (χ2n) is 6.05. The molecule has 1 saturated heterocycles. The van der Waals surface area contributed by atoms with Crippen LogP contribution in [-0.4, -0.2) is 31.6 Å². The first-order valence-corrected chi connectivity index (χ1v) is 8.10. The van der Waals surface area contributed by atoms with E-state index in [2.05, 4.69) is 17.6 Å². The molecule has 120 valence electrons. The van der Waals surface area contributed by atoms with Crippen LogP contribution in [-0.2, 0) is 4.79 Å². The predicted octanol–water partition coefficient (Wildman–Crippen LogP) is 0.888. The fourth-order valence-corrected chi connectivity index (χ4v) is 3.20. The van der Waals surface area contributed by atoms with Crippen molar-refractivity contribution in [2.75, 3.05) is 19.6 Å². The number of imide groups is 1. The van der Waals surface area contributed by atoms with Crippen LogP contribution in [0.4, 0.5) is 4.79 Å². The molecule has 0 spiro atoms. The zero-order chi connectivity index (χ0) is 15.9. The number of nitrogens with one attached hydrogen (secondary N) is 3. The van der Waals surface area contributed by atoms with E-state index in [-0.39, 0.29) is 11.9 Å². The molecular formula is C17H26N3O2+. The molecule has 0 radical (unpaired) electrons. The third-order valence-electron chi connectivity index (χ3n) is 4.18. The number of urea groups is 1. The van der Waals surface area contributed by atoms with Gasteiger partial charge in [-0.15, -0.1) is 0 Å². The molecule has 3 atom stereocenters. The molecule has 22 heavy (non-hydrogen) atoms. The number of amides is 3. The van der Waals surface area contributed by atoms with Crippen molar-refractivity contribution in [2.24, 2.45) is 5.92 Å². The van der Waals surface area contributed by atoms with Gasteiger partial charge < -0.3 is 10.2 Å². The topological polar surface area (TPSA) is 62.6 Å². The average Bonchev–Trinajstić information content (AvgIpc) is 2.49. The maximum Gasteiger partial charge on any atom is 0.321 e. The Morgan fingerprint density at radius 1 is 1.32 bits per heavy atom. The van der Waals surface area contributed by atoms with Crippen LogP contribution in [0.3, 0.4) is 0 Å². The van der Waals surface area contributed by atoms with E-state index in [9.17, 15) is 9.59 Å². The zero-order valence-corrected chi connectivity index (χ0v) is 13.4. The van der Waals surface area contributed by atoms with Crippen LogP contribution >= 0.6 is 0 Å². The van der Waals surface area contributed by atoms with Gasteiger partial charge in [-0.3, -0.25) is 10.1 Å². The Bertz CT molecular complexity index is 504. The molecule has 1 aromatic rings. The van der Waals surface area contributed by atoms with Gasteiger partial charge in [0.2, 0.25) is 0 Å². The van der Waals surface area contributed by atoms with Crippen molar-refractivity contribution in [2.45, 2.75) is 32.7 Å². The molecule has 0 aliphatic carbocycles. The van der Waals surface area contributed by atoms with Crippen LogP contribution in [0.25, 0.3) is 0 Å². The summed E-state index contributed by atoms with van der Waals surface area (Å²) in [7, 11) is 0. The Morgan fingerprint density at radius 3 is 2.68 bits per heavy atom. The predicted molar refractivity (Wildman–Crippen MR) is 85.5 cm³/mol. The molecule has 3 amide bonds. The van der Waals surface area contributed by atoms with Crippen molar-refractivity contribution in [3.8, 4) is 0 Å². The number of hydrogen-bond donors (Lipinski definition) is 3. The van der Waals surface area contributed by atoms with E-state index in [4.69, 9.17) is 0 Å². The highest BCUT2D eigenvalue weighted by Crippen LogP contribution is 2.13. The van der Waals surface area contributed by atoms with Gasteiger partial charge in [0.05, 0.1) is 13.1 Å². The number of carbonyl (C=O) groups excluding carboxylic acids is 2. The summed E-state index contributed by atoms with van der Waals surface area (Å²) in [5.74, 6) is 0.383. The number of piperidine rings is 1. The first-order valence-electron chi connectivity index (χ1n) is 8.10. The van der Waals surface area contributed by atoms with Crippen LogP contribution in [0.5, 0.6) is 0 Å². The number of carbonyl (C=O) groups is 2. The second kappa shape index (κ2) is 7.94. The smallest absolute Gasteiger partial charge is 0.321 e. The Labute approximate surface area is 132 Å². The number of hydrogen-bond acceptors (Lipinski definition) is 2. The quantitative estimate of drug-likeness (QED) is 0.773. The van der Waals surface area contributed by atoms with E-state index < -0.39 is 6.03 Å². The van der Waals surface area contributed by atoms with Crippen LogP contribution in [0.2, 0.25) is 0 Å². The van der Waals surface area contributed by atoms with E-state index in [1.54, 1.807) is 0 Å². The zero-order valence-electron chi connectivity index (χ0n) is 13.4. The Hall–Kier alpha value is -1.88. The Morgan fingerprint density at radius 2 is 2.05 bits per heavy atom. The molecule has 1 aromatic carbocycles. The van der Waals surface area contributed by atoms with Crippen molar-refractivity contribution < 1.29 is 14.5 Å².